The van der Waals surface area contributed by atoms with E-state index in [0.29, 0.717) is 13.2 Å². The summed E-state index contributed by atoms with van der Waals surface area (Å²) < 4.78 is 21.9. The van der Waals surface area contributed by atoms with Gasteiger partial charge in [-0.05, 0) is 35.4 Å². The van der Waals surface area contributed by atoms with Crippen molar-refractivity contribution in [3.63, 3.8) is 0 Å². The van der Waals surface area contributed by atoms with E-state index in [4.69, 9.17) is 18.9 Å². The van der Waals surface area contributed by atoms with Crippen LogP contribution in [-0.4, -0.2) is 38.6 Å². The lowest BCUT2D eigenvalue weighted by Crippen LogP contribution is -2.10. The molecule has 4 nitrogen and oxygen atoms in total. The minimum Gasteiger partial charge on any atom is -0.490 e. The van der Waals surface area contributed by atoms with Crippen LogP contribution >= 0.6 is 18.5 Å². The van der Waals surface area contributed by atoms with Gasteiger partial charge in [-0.25, -0.2) is 0 Å². The molecule has 0 saturated carbocycles. The van der Waals surface area contributed by atoms with E-state index in [2.05, 4.69) is 42.7 Å². The summed E-state index contributed by atoms with van der Waals surface area (Å²) in [6.07, 6.45) is 0.532. The summed E-state index contributed by atoms with van der Waals surface area (Å²) >= 11 is 0. The molecule has 0 amide bonds. The van der Waals surface area contributed by atoms with Crippen LogP contribution in [-0.2, 0) is 9.47 Å². The molecular weight excluding hydrogens is 342 g/mol. The first kappa shape index (κ1) is 16.3. The molecule has 2 aromatic rings. The lowest BCUT2D eigenvalue weighted by molar-refractivity contribution is 0.264. The van der Waals surface area contributed by atoms with Gasteiger partial charge < -0.3 is 18.9 Å². The fourth-order valence-electron chi connectivity index (χ4n) is 2.41. The monoisotopic (exact) mass is 362 g/mol. The summed E-state index contributed by atoms with van der Waals surface area (Å²) in [5.41, 5.74) is 2.30. The average molecular weight is 362 g/mol. The van der Waals surface area contributed by atoms with Crippen molar-refractivity contribution in [1.29, 1.82) is 0 Å². The molecule has 0 aromatic heterocycles. The van der Waals surface area contributed by atoms with E-state index in [9.17, 15) is 0 Å². The van der Waals surface area contributed by atoms with Crippen molar-refractivity contribution < 1.29 is 18.9 Å². The molecule has 0 radical (unpaired) electrons. The first-order valence-corrected chi connectivity index (χ1v) is 9.13. The second-order valence-electron chi connectivity index (χ2n) is 6.04. The summed E-state index contributed by atoms with van der Waals surface area (Å²) in [5.74, 6) is 1.77. The maximum Gasteiger partial charge on any atom is 0.126 e. The second kappa shape index (κ2) is 6.98. The zero-order valence-electron chi connectivity index (χ0n) is 13.2. The van der Waals surface area contributed by atoms with Gasteiger partial charge in [0.25, 0.3) is 0 Å². The van der Waals surface area contributed by atoms with Crippen molar-refractivity contribution in [2.45, 2.75) is 12.2 Å². The van der Waals surface area contributed by atoms with Gasteiger partial charge >= 0.3 is 0 Å². The summed E-state index contributed by atoms with van der Waals surface area (Å²) in [5, 5.41) is 2.09. The van der Waals surface area contributed by atoms with Crippen LogP contribution in [0.2, 0.25) is 0 Å². The van der Waals surface area contributed by atoms with Crippen LogP contribution in [0.25, 0.3) is 11.1 Å². The van der Waals surface area contributed by atoms with Crippen molar-refractivity contribution in [3.8, 4) is 22.6 Å². The molecule has 2 saturated heterocycles. The number of epoxide rings is 2. The highest BCUT2D eigenvalue weighted by Gasteiger charge is 2.24. The largest absolute Gasteiger partial charge is 0.490 e. The highest BCUT2D eigenvalue weighted by molar-refractivity contribution is 7.28. The third-order valence-corrected chi connectivity index (χ3v) is 4.91. The van der Waals surface area contributed by atoms with Gasteiger partial charge in [-0.15, -0.1) is 18.5 Å². The maximum absolute atomic E-state index is 5.77. The van der Waals surface area contributed by atoms with E-state index in [1.165, 1.54) is 0 Å². The molecular formula is C18H20O4P2. The zero-order valence-corrected chi connectivity index (χ0v) is 15.5. The number of hydrogen-bond acceptors (Lipinski definition) is 4. The molecule has 4 rings (SSSR count). The van der Waals surface area contributed by atoms with Gasteiger partial charge in [0.05, 0.1) is 13.2 Å². The SMILES string of the molecule is Pc1cc(-c2ccc(OCC3CO3)c(P)c2)ccc1OCC1CO1. The van der Waals surface area contributed by atoms with E-state index < -0.39 is 0 Å². The van der Waals surface area contributed by atoms with Crippen molar-refractivity contribution in [2.75, 3.05) is 26.4 Å². The van der Waals surface area contributed by atoms with E-state index in [-0.39, 0.29) is 12.2 Å². The first-order chi connectivity index (χ1) is 11.7. The number of ether oxygens (including phenoxy) is 4. The molecule has 2 heterocycles. The molecule has 4 unspecified atom stereocenters. The van der Waals surface area contributed by atoms with Crippen LogP contribution in [0.3, 0.4) is 0 Å². The number of benzene rings is 2. The van der Waals surface area contributed by atoms with Gasteiger partial charge in [0.2, 0.25) is 0 Å². The Kier molecular flexibility index (Phi) is 4.74. The van der Waals surface area contributed by atoms with Gasteiger partial charge in [0.15, 0.2) is 0 Å². The molecule has 0 aliphatic carbocycles. The minimum absolute atomic E-state index is 0.266. The third-order valence-electron chi connectivity index (χ3n) is 4.01. The maximum atomic E-state index is 5.77. The van der Waals surface area contributed by atoms with Gasteiger partial charge in [-0.1, -0.05) is 12.1 Å². The van der Waals surface area contributed by atoms with Gasteiger partial charge in [0, 0.05) is 10.6 Å². The lowest BCUT2D eigenvalue weighted by atomic mass is 10.1. The predicted molar refractivity (Wildman–Crippen MR) is 101 cm³/mol. The molecule has 2 aliphatic heterocycles. The highest BCUT2D eigenvalue weighted by atomic mass is 31.0. The summed E-state index contributed by atoms with van der Waals surface area (Å²) in [6, 6.07) is 12.4. The molecule has 2 aliphatic rings. The van der Waals surface area contributed by atoms with Crippen LogP contribution in [0.5, 0.6) is 11.5 Å². The first-order valence-electron chi connectivity index (χ1n) is 7.97. The quantitative estimate of drug-likeness (QED) is 0.558. The Hall–Kier alpha value is -1.18. The Morgan fingerprint density at radius 2 is 1.21 bits per heavy atom. The third kappa shape index (κ3) is 4.07. The van der Waals surface area contributed by atoms with Gasteiger partial charge in [0.1, 0.15) is 36.9 Å². The fraction of sp³-hybridized carbons (Fsp3) is 0.333. The molecule has 2 aromatic carbocycles. The van der Waals surface area contributed by atoms with Crippen LogP contribution in [0.1, 0.15) is 0 Å². The van der Waals surface area contributed by atoms with Gasteiger partial charge in [-0.2, -0.15) is 0 Å². The minimum atomic E-state index is 0.266. The van der Waals surface area contributed by atoms with Crippen LogP contribution < -0.4 is 20.1 Å². The zero-order chi connectivity index (χ0) is 16.5. The van der Waals surface area contributed by atoms with Crippen molar-refractivity contribution in [2.24, 2.45) is 0 Å². The highest BCUT2D eigenvalue weighted by Crippen LogP contribution is 2.26. The van der Waals surface area contributed by atoms with Crippen molar-refractivity contribution in [1.82, 2.24) is 0 Å². The molecule has 2 fully saturated rings. The second-order valence-corrected chi connectivity index (χ2v) is 7.28. The van der Waals surface area contributed by atoms with Gasteiger partial charge in [-0.3, -0.25) is 0 Å². The van der Waals surface area contributed by atoms with E-state index >= 15 is 0 Å². The topological polar surface area (TPSA) is 43.5 Å². The normalized spacial score (nSPS) is 21.4. The lowest BCUT2D eigenvalue weighted by Gasteiger charge is -2.12. The summed E-state index contributed by atoms with van der Waals surface area (Å²) in [7, 11) is 5.49. The number of rotatable bonds is 7. The fourth-order valence-corrected chi connectivity index (χ4v) is 3.13. The average Bonchev–Trinajstić information content (AvgIpc) is 3.46. The Morgan fingerprint density at radius 1 is 0.792 bits per heavy atom. The molecule has 126 valence electrons. The Balaban J connectivity index is 1.47. The Morgan fingerprint density at radius 3 is 1.54 bits per heavy atom. The molecule has 0 spiro atoms. The van der Waals surface area contributed by atoms with Crippen molar-refractivity contribution in [3.05, 3.63) is 36.4 Å². The standard InChI is InChI=1S/C18H20O4P2/c23-17-5-11(1-3-15(17)21-9-13-7-19-13)12-2-4-16(18(24)6-12)22-10-14-8-20-14/h1-6,13-14H,7-10,23-24H2. The van der Waals surface area contributed by atoms with E-state index in [1.807, 2.05) is 12.1 Å². The smallest absolute Gasteiger partial charge is 0.126 e. The van der Waals surface area contributed by atoms with Crippen molar-refractivity contribution >= 4 is 29.1 Å². The molecule has 4 atom stereocenters. The van der Waals surface area contributed by atoms with Crippen LogP contribution in [0.4, 0.5) is 0 Å². The molecule has 0 N–H and O–H groups in total. The number of hydrogen-bond donors (Lipinski definition) is 0. The Bertz CT molecular complexity index is 678. The molecule has 0 bridgehead atoms. The van der Waals surface area contributed by atoms with E-state index in [0.717, 1.165) is 46.4 Å². The Labute approximate surface area is 146 Å². The predicted octanol–water partition coefficient (Wildman–Crippen LogP) is 1.91. The summed E-state index contributed by atoms with van der Waals surface area (Å²) in [6.45, 7) is 2.85. The van der Waals surface area contributed by atoms with Crippen LogP contribution in [0, 0.1) is 0 Å². The van der Waals surface area contributed by atoms with Crippen LogP contribution in [0.15, 0.2) is 36.4 Å². The molecule has 24 heavy (non-hydrogen) atoms. The summed E-state index contributed by atoms with van der Waals surface area (Å²) in [4.78, 5) is 0. The van der Waals surface area contributed by atoms with E-state index in [1.54, 1.807) is 0 Å². The molecule has 6 heteroatoms.